The second-order valence-corrected chi connectivity index (χ2v) is 3.65. The van der Waals surface area contributed by atoms with E-state index in [-0.39, 0.29) is 12.3 Å². The van der Waals surface area contributed by atoms with Crippen LogP contribution in [-0.4, -0.2) is 27.0 Å². The molecule has 1 aromatic carbocycles. The molecule has 1 amide bonds. The first-order valence-electron chi connectivity index (χ1n) is 5.26. The minimum atomic E-state index is -0.946. The van der Waals surface area contributed by atoms with E-state index >= 15 is 0 Å². The third-order valence-electron chi connectivity index (χ3n) is 2.35. The number of para-hydroxylation sites is 1. The Labute approximate surface area is 103 Å². The maximum absolute atomic E-state index is 11.8. The van der Waals surface area contributed by atoms with Gasteiger partial charge < -0.3 is 15.4 Å². The van der Waals surface area contributed by atoms with Crippen LogP contribution in [0.2, 0.25) is 0 Å². The number of hydrogen-bond acceptors (Lipinski definition) is 3. The quantitative estimate of drug-likeness (QED) is 0.756. The van der Waals surface area contributed by atoms with Crippen molar-refractivity contribution in [2.75, 3.05) is 5.32 Å². The maximum atomic E-state index is 11.8. The van der Waals surface area contributed by atoms with Crippen molar-refractivity contribution in [2.45, 2.75) is 6.42 Å². The van der Waals surface area contributed by atoms with Gasteiger partial charge in [-0.1, -0.05) is 18.2 Å². The van der Waals surface area contributed by atoms with E-state index in [9.17, 15) is 9.59 Å². The van der Waals surface area contributed by atoms with Crippen LogP contribution in [0.1, 0.15) is 16.1 Å². The molecule has 18 heavy (non-hydrogen) atoms. The Bertz CT molecular complexity index is 564. The predicted octanol–water partition coefficient (Wildman–Crippen LogP) is 1.29. The van der Waals surface area contributed by atoms with Crippen molar-refractivity contribution < 1.29 is 14.7 Å². The van der Waals surface area contributed by atoms with E-state index in [0.29, 0.717) is 16.9 Å². The molecule has 0 fully saturated rings. The zero-order chi connectivity index (χ0) is 13.0. The van der Waals surface area contributed by atoms with Gasteiger partial charge in [0.1, 0.15) is 5.69 Å². The van der Waals surface area contributed by atoms with Crippen molar-refractivity contribution in [3.63, 3.8) is 0 Å². The lowest BCUT2D eigenvalue weighted by Crippen LogP contribution is -2.14. The number of imidazole rings is 1. The lowest BCUT2D eigenvalue weighted by Gasteiger charge is -2.08. The zero-order valence-corrected chi connectivity index (χ0v) is 9.38. The molecule has 0 saturated heterocycles. The van der Waals surface area contributed by atoms with E-state index in [4.69, 9.17) is 5.11 Å². The fourth-order valence-electron chi connectivity index (χ4n) is 1.53. The van der Waals surface area contributed by atoms with Crippen LogP contribution in [0.15, 0.2) is 36.8 Å². The van der Waals surface area contributed by atoms with Gasteiger partial charge in [-0.3, -0.25) is 9.59 Å². The summed E-state index contributed by atoms with van der Waals surface area (Å²) in [7, 11) is 0. The molecule has 0 bridgehead atoms. The highest BCUT2D eigenvalue weighted by molar-refractivity contribution is 6.03. The first kappa shape index (κ1) is 11.8. The number of aromatic amines is 1. The Kier molecular flexibility index (Phi) is 3.38. The van der Waals surface area contributed by atoms with Crippen molar-refractivity contribution in [1.82, 2.24) is 9.97 Å². The Hall–Kier alpha value is -2.63. The number of rotatable bonds is 4. The van der Waals surface area contributed by atoms with Gasteiger partial charge in [0.2, 0.25) is 0 Å². The van der Waals surface area contributed by atoms with Crippen molar-refractivity contribution in [2.24, 2.45) is 0 Å². The van der Waals surface area contributed by atoms with Gasteiger partial charge in [0.05, 0.1) is 18.9 Å². The summed E-state index contributed by atoms with van der Waals surface area (Å²) in [5.74, 6) is -1.30. The number of H-pyrrole nitrogens is 1. The van der Waals surface area contributed by atoms with E-state index < -0.39 is 5.97 Å². The van der Waals surface area contributed by atoms with Crippen LogP contribution in [-0.2, 0) is 11.2 Å². The summed E-state index contributed by atoms with van der Waals surface area (Å²) in [4.78, 5) is 28.9. The van der Waals surface area contributed by atoms with Crippen LogP contribution in [0.3, 0.4) is 0 Å². The highest BCUT2D eigenvalue weighted by Gasteiger charge is 2.11. The second kappa shape index (κ2) is 5.13. The number of carbonyl (C=O) groups is 2. The molecule has 2 rings (SSSR count). The molecule has 0 aliphatic carbocycles. The van der Waals surface area contributed by atoms with Gasteiger partial charge in [-0.25, -0.2) is 4.98 Å². The SMILES string of the molecule is O=C(O)Cc1ccccc1NC(=O)c1cnc[nH]1. The Balaban J connectivity index is 2.18. The standard InChI is InChI=1S/C12H11N3O3/c16-11(17)5-8-3-1-2-4-9(8)15-12(18)10-6-13-7-14-10/h1-4,6-7H,5H2,(H,13,14)(H,15,18)(H,16,17). The van der Waals surface area contributed by atoms with Crippen molar-refractivity contribution in [1.29, 1.82) is 0 Å². The van der Waals surface area contributed by atoms with Gasteiger partial charge >= 0.3 is 5.97 Å². The van der Waals surface area contributed by atoms with E-state index in [1.165, 1.54) is 12.5 Å². The Morgan fingerprint density at radius 3 is 2.78 bits per heavy atom. The molecule has 0 spiro atoms. The van der Waals surface area contributed by atoms with Crippen LogP contribution in [0.4, 0.5) is 5.69 Å². The lowest BCUT2D eigenvalue weighted by molar-refractivity contribution is -0.136. The number of carboxylic acid groups (broad SMARTS) is 1. The fraction of sp³-hybridized carbons (Fsp3) is 0.0833. The molecule has 1 heterocycles. The van der Waals surface area contributed by atoms with E-state index in [2.05, 4.69) is 15.3 Å². The summed E-state index contributed by atoms with van der Waals surface area (Å²) in [6.45, 7) is 0. The summed E-state index contributed by atoms with van der Waals surface area (Å²) in [6.07, 6.45) is 2.66. The highest BCUT2D eigenvalue weighted by Crippen LogP contribution is 2.16. The van der Waals surface area contributed by atoms with Crippen LogP contribution >= 0.6 is 0 Å². The average molecular weight is 245 g/mol. The first-order chi connectivity index (χ1) is 8.66. The number of carbonyl (C=O) groups excluding carboxylic acids is 1. The molecular weight excluding hydrogens is 234 g/mol. The predicted molar refractivity (Wildman–Crippen MR) is 64.3 cm³/mol. The molecular formula is C12H11N3O3. The number of aliphatic carboxylic acids is 1. The van der Waals surface area contributed by atoms with Crippen molar-refractivity contribution >= 4 is 17.6 Å². The number of carboxylic acids is 1. The van der Waals surface area contributed by atoms with E-state index in [1.54, 1.807) is 24.3 Å². The molecule has 1 aromatic heterocycles. The summed E-state index contributed by atoms with van der Waals surface area (Å²) >= 11 is 0. The molecule has 0 aliphatic heterocycles. The molecule has 2 aromatic rings. The van der Waals surface area contributed by atoms with Gasteiger partial charge in [0.15, 0.2) is 0 Å². The number of anilines is 1. The Morgan fingerprint density at radius 2 is 2.11 bits per heavy atom. The van der Waals surface area contributed by atoms with Gasteiger partial charge in [-0.2, -0.15) is 0 Å². The monoisotopic (exact) mass is 245 g/mol. The van der Waals surface area contributed by atoms with E-state index in [0.717, 1.165) is 0 Å². The molecule has 0 aliphatic rings. The second-order valence-electron chi connectivity index (χ2n) is 3.65. The number of hydrogen-bond donors (Lipinski definition) is 3. The molecule has 6 heteroatoms. The summed E-state index contributed by atoms with van der Waals surface area (Å²) in [5, 5.41) is 11.4. The van der Waals surface area contributed by atoms with Crippen LogP contribution < -0.4 is 5.32 Å². The summed E-state index contributed by atoms with van der Waals surface area (Å²) in [5.41, 5.74) is 1.36. The number of nitrogens with zero attached hydrogens (tertiary/aromatic N) is 1. The highest BCUT2D eigenvalue weighted by atomic mass is 16.4. The summed E-state index contributed by atoms with van der Waals surface area (Å²) in [6, 6.07) is 6.78. The smallest absolute Gasteiger partial charge is 0.307 e. The van der Waals surface area contributed by atoms with Crippen molar-refractivity contribution in [3.8, 4) is 0 Å². The van der Waals surface area contributed by atoms with E-state index in [1.807, 2.05) is 0 Å². The minimum Gasteiger partial charge on any atom is -0.481 e. The fourth-order valence-corrected chi connectivity index (χ4v) is 1.53. The van der Waals surface area contributed by atoms with Crippen LogP contribution in [0.25, 0.3) is 0 Å². The normalized spacial score (nSPS) is 10.0. The largest absolute Gasteiger partial charge is 0.481 e. The van der Waals surface area contributed by atoms with Gasteiger partial charge in [-0.05, 0) is 11.6 Å². The molecule has 0 unspecified atom stereocenters. The van der Waals surface area contributed by atoms with Crippen molar-refractivity contribution in [3.05, 3.63) is 48.0 Å². The van der Waals surface area contributed by atoms with Gasteiger partial charge in [0.25, 0.3) is 5.91 Å². The summed E-state index contributed by atoms with van der Waals surface area (Å²) < 4.78 is 0. The molecule has 3 N–H and O–H groups in total. The Morgan fingerprint density at radius 1 is 1.33 bits per heavy atom. The van der Waals surface area contributed by atoms with Gasteiger partial charge in [0, 0.05) is 5.69 Å². The first-order valence-corrected chi connectivity index (χ1v) is 5.26. The third kappa shape index (κ3) is 2.73. The molecule has 6 nitrogen and oxygen atoms in total. The maximum Gasteiger partial charge on any atom is 0.307 e. The van der Waals surface area contributed by atoms with Gasteiger partial charge in [-0.15, -0.1) is 0 Å². The molecule has 0 radical (unpaired) electrons. The number of benzene rings is 1. The molecule has 0 saturated carbocycles. The molecule has 0 atom stereocenters. The number of aromatic nitrogens is 2. The number of nitrogens with one attached hydrogen (secondary N) is 2. The molecule has 92 valence electrons. The lowest BCUT2D eigenvalue weighted by atomic mass is 10.1. The third-order valence-corrected chi connectivity index (χ3v) is 2.35. The average Bonchev–Trinajstić information content (AvgIpc) is 2.84. The number of amides is 1. The van der Waals surface area contributed by atoms with Crippen LogP contribution in [0, 0.1) is 0 Å². The minimum absolute atomic E-state index is 0.139. The topological polar surface area (TPSA) is 95.1 Å². The zero-order valence-electron chi connectivity index (χ0n) is 9.38. The van der Waals surface area contributed by atoms with Crippen LogP contribution in [0.5, 0.6) is 0 Å².